The molecule has 0 aromatic carbocycles. The number of rotatable bonds is 5. The van der Waals surface area contributed by atoms with E-state index in [1.54, 1.807) is 20.0 Å². The normalized spacial score (nSPS) is 10.3. The number of nitrogen functional groups attached to an aromatic ring is 1. The van der Waals surface area contributed by atoms with Gasteiger partial charge in [0, 0.05) is 33.0 Å². The zero-order valence-electron chi connectivity index (χ0n) is 10.3. The Morgan fingerprint density at radius 3 is 2.72 bits per heavy atom. The molecule has 8 heteroatoms. The zero-order valence-corrected chi connectivity index (χ0v) is 10.3. The molecule has 2 heterocycles. The summed E-state index contributed by atoms with van der Waals surface area (Å²) in [7, 11) is 1.77. The van der Waals surface area contributed by atoms with Crippen LogP contribution in [0.1, 0.15) is 11.7 Å². The fourth-order valence-electron chi connectivity index (χ4n) is 1.43. The van der Waals surface area contributed by atoms with Gasteiger partial charge in [-0.15, -0.1) is 0 Å². The second-order valence-corrected chi connectivity index (χ2v) is 3.65. The number of aryl methyl sites for hydroxylation is 1. The maximum absolute atomic E-state index is 5.58. The number of nitrogens with one attached hydrogen (secondary N) is 2. The third-order valence-corrected chi connectivity index (χ3v) is 2.22. The van der Waals surface area contributed by atoms with Crippen molar-refractivity contribution in [1.82, 2.24) is 20.1 Å². The fourth-order valence-corrected chi connectivity index (χ4v) is 1.43. The average molecular weight is 249 g/mol. The van der Waals surface area contributed by atoms with Crippen LogP contribution in [0.2, 0.25) is 0 Å². The molecule has 0 aliphatic heterocycles. The summed E-state index contributed by atoms with van der Waals surface area (Å²) in [6, 6.07) is 1.78. The topological polar surface area (TPSA) is 115 Å². The molecule has 4 N–H and O–H groups in total. The van der Waals surface area contributed by atoms with Crippen molar-refractivity contribution in [2.24, 2.45) is 0 Å². The summed E-state index contributed by atoms with van der Waals surface area (Å²) in [6.07, 6.45) is 0.649. The Labute approximate surface area is 104 Å². The van der Waals surface area contributed by atoms with Crippen LogP contribution in [0.15, 0.2) is 10.6 Å². The van der Waals surface area contributed by atoms with Crippen molar-refractivity contribution in [3.8, 4) is 0 Å². The van der Waals surface area contributed by atoms with E-state index in [1.165, 1.54) is 0 Å². The molecule has 18 heavy (non-hydrogen) atoms. The van der Waals surface area contributed by atoms with Gasteiger partial charge >= 0.3 is 0 Å². The SMILES string of the molecule is CNc1cc(NCCc2noc(C)n2)nc(N)n1. The minimum Gasteiger partial charge on any atom is -0.373 e. The summed E-state index contributed by atoms with van der Waals surface area (Å²) >= 11 is 0. The number of anilines is 3. The lowest BCUT2D eigenvalue weighted by Crippen LogP contribution is -2.09. The van der Waals surface area contributed by atoms with Crippen LogP contribution in [0.25, 0.3) is 0 Å². The van der Waals surface area contributed by atoms with Crippen molar-refractivity contribution in [2.45, 2.75) is 13.3 Å². The van der Waals surface area contributed by atoms with Crippen LogP contribution in [0.5, 0.6) is 0 Å². The van der Waals surface area contributed by atoms with E-state index < -0.39 is 0 Å². The smallest absolute Gasteiger partial charge is 0.223 e. The molecular formula is C10H15N7O. The molecule has 0 aliphatic carbocycles. The molecule has 0 radical (unpaired) electrons. The van der Waals surface area contributed by atoms with Gasteiger partial charge in [-0.05, 0) is 0 Å². The molecule has 8 nitrogen and oxygen atoms in total. The fraction of sp³-hybridized carbons (Fsp3) is 0.400. The first-order chi connectivity index (χ1) is 8.67. The maximum Gasteiger partial charge on any atom is 0.223 e. The first-order valence-corrected chi connectivity index (χ1v) is 5.53. The molecule has 2 aromatic heterocycles. The van der Waals surface area contributed by atoms with Gasteiger partial charge in [0.15, 0.2) is 5.82 Å². The monoisotopic (exact) mass is 249 g/mol. The second-order valence-electron chi connectivity index (χ2n) is 3.65. The first kappa shape index (κ1) is 12.1. The van der Waals surface area contributed by atoms with Gasteiger partial charge in [0.25, 0.3) is 0 Å². The minimum atomic E-state index is 0.222. The molecule has 0 saturated carbocycles. The summed E-state index contributed by atoms with van der Waals surface area (Å²) in [5.41, 5.74) is 5.58. The lowest BCUT2D eigenvalue weighted by atomic mass is 10.4. The van der Waals surface area contributed by atoms with E-state index in [0.717, 1.165) is 0 Å². The van der Waals surface area contributed by atoms with Gasteiger partial charge in [0.2, 0.25) is 11.8 Å². The van der Waals surface area contributed by atoms with Gasteiger partial charge in [-0.3, -0.25) is 0 Å². The maximum atomic E-state index is 5.58. The van der Waals surface area contributed by atoms with Gasteiger partial charge in [-0.25, -0.2) is 0 Å². The standard InChI is InChI=1S/C10H15N7O/c1-6-14-7(17-18-6)3-4-13-9-5-8(12-2)15-10(11)16-9/h5H,3-4H2,1-2H3,(H4,11,12,13,15,16). The predicted molar refractivity (Wildman–Crippen MR) is 67.2 cm³/mol. The Morgan fingerprint density at radius 1 is 1.28 bits per heavy atom. The summed E-state index contributed by atoms with van der Waals surface area (Å²) in [5.74, 6) is 2.77. The highest BCUT2D eigenvalue weighted by molar-refractivity contribution is 5.50. The van der Waals surface area contributed by atoms with E-state index in [-0.39, 0.29) is 5.95 Å². The Balaban J connectivity index is 1.91. The van der Waals surface area contributed by atoms with Crippen LogP contribution in [-0.2, 0) is 6.42 Å². The number of aromatic nitrogens is 4. The quantitative estimate of drug-likeness (QED) is 0.699. The van der Waals surface area contributed by atoms with Crippen molar-refractivity contribution in [3.05, 3.63) is 17.8 Å². The zero-order chi connectivity index (χ0) is 13.0. The van der Waals surface area contributed by atoms with Gasteiger partial charge in [-0.1, -0.05) is 5.16 Å². The lowest BCUT2D eigenvalue weighted by Gasteiger charge is -2.06. The molecule has 0 bridgehead atoms. The highest BCUT2D eigenvalue weighted by Gasteiger charge is 2.03. The number of nitrogens with two attached hydrogens (primary N) is 1. The molecule has 0 atom stereocenters. The van der Waals surface area contributed by atoms with Crippen molar-refractivity contribution in [2.75, 3.05) is 30.0 Å². The average Bonchev–Trinajstić information content (AvgIpc) is 2.74. The van der Waals surface area contributed by atoms with Crippen LogP contribution >= 0.6 is 0 Å². The van der Waals surface area contributed by atoms with E-state index in [1.807, 2.05) is 0 Å². The largest absolute Gasteiger partial charge is 0.373 e. The van der Waals surface area contributed by atoms with Gasteiger partial charge < -0.3 is 20.9 Å². The van der Waals surface area contributed by atoms with E-state index in [0.29, 0.717) is 36.3 Å². The molecule has 0 aliphatic rings. The molecule has 2 rings (SSSR count). The molecule has 0 spiro atoms. The molecule has 0 saturated heterocycles. The number of hydrogen-bond acceptors (Lipinski definition) is 8. The number of hydrogen-bond donors (Lipinski definition) is 3. The van der Waals surface area contributed by atoms with Crippen molar-refractivity contribution >= 4 is 17.6 Å². The van der Waals surface area contributed by atoms with Crippen LogP contribution in [0, 0.1) is 6.92 Å². The molecule has 96 valence electrons. The molecular weight excluding hydrogens is 234 g/mol. The molecule has 0 fully saturated rings. The summed E-state index contributed by atoms with van der Waals surface area (Å²) in [5, 5.41) is 9.84. The van der Waals surface area contributed by atoms with Crippen molar-refractivity contribution in [3.63, 3.8) is 0 Å². The van der Waals surface area contributed by atoms with Crippen LogP contribution < -0.4 is 16.4 Å². The van der Waals surface area contributed by atoms with Crippen LogP contribution in [-0.4, -0.2) is 33.7 Å². The van der Waals surface area contributed by atoms with E-state index in [9.17, 15) is 0 Å². The van der Waals surface area contributed by atoms with Gasteiger partial charge in [-0.2, -0.15) is 15.0 Å². The molecule has 0 amide bonds. The summed E-state index contributed by atoms with van der Waals surface area (Å²) in [6.45, 7) is 2.40. The summed E-state index contributed by atoms with van der Waals surface area (Å²) < 4.78 is 4.88. The van der Waals surface area contributed by atoms with Gasteiger partial charge in [0.05, 0.1) is 0 Å². The highest BCUT2D eigenvalue weighted by Crippen LogP contribution is 2.11. The van der Waals surface area contributed by atoms with Crippen molar-refractivity contribution in [1.29, 1.82) is 0 Å². The second kappa shape index (κ2) is 5.30. The molecule has 0 unspecified atom stereocenters. The van der Waals surface area contributed by atoms with E-state index in [4.69, 9.17) is 10.3 Å². The van der Waals surface area contributed by atoms with E-state index >= 15 is 0 Å². The summed E-state index contributed by atoms with van der Waals surface area (Å²) in [4.78, 5) is 12.2. The number of nitrogens with zero attached hydrogens (tertiary/aromatic N) is 4. The molecule has 2 aromatic rings. The van der Waals surface area contributed by atoms with Gasteiger partial charge in [0.1, 0.15) is 11.6 Å². The third-order valence-electron chi connectivity index (χ3n) is 2.22. The first-order valence-electron chi connectivity index (χ1n) is 5.53. The highest BCUT2D eigenvalue weighted by atomic mass is 16.5. The lowest BCUT2D eigenvalue weighted by molar-refractivity contribution is 0.387. The van der Waals surface area contributed by atoms with Crippen molar-refractivity contribution < 1.29 is 4.52 Å². The predicted octanol–water partition coefficient (Wildman–Crippen LogP) is 0.447. The Hall–Kier alpha value is -2.38. The van der Waals surface area contributed by atoms with Crippen LogP contribution in [0.3, 0.4) is 0 Å². The Kier molecular flexibility index (Phi) is 3.56. The third kappa shape index (κ3) is 3.06. The Morgan fingerprint density at radius 2 is 2.06 bits per heavy atom. The van der Waals surface area contributed by atoms with Crippen LogP contribution in [0.4, 0.5) is 17.6 Å². The Bertz CT molecular complexity index is 525. The minimum absolute atomic E-state index is 0.222. The van der Waals surface area contributed by atoms with E-state index in [2.05, 4.69) is 30.7 Å².